The summed E-state index contributed by atoms with van der Waals surface area (Å²) in [7, 11) is 0. The van der Waals surface area contributed by atoms with Gasteiger partial charge in [0, 0.05) is 11.8 Å². The van der Waals surface area contributed by atoms with Crippen LogP contribution in [-0.4, -0.2) is 4.98 Å². The molecule has 2 rings (SSSR count). The number of aryl methyl sites for hydroxylation is 1. The molecule has 0 spiro atoms. The minimum Gasteiger partial charge on any atom is -0.438 e. The van der Waals surface area contributed by atoms with Crippen LogP contribution in [0.25, 0.3) is 0 Å². The van der Waals surface area contributed by atoms with Crippen LogP contribution in [-0.2, 0) is 0 Å². The number of aromatic nitrogens is 1. The molecule has 0 fully saturated rings. The van der Waals surface area contributed by atoms with E-state index in [1.54, 1.807) is 13.0 Å². The quantitative estimate of drug-likeness (QED) is 0.843. The van der Waals surface area contributed by atoms with Crippen LogP contribution in [0.2, 0.25) is 0 Å². The van der Waals surface area contributed by atoms with Crippen molar-refractivity contribution in [2.75, 3.05) is 0 Å². The highest BCUT2D eigenvalue weighted by Crippen LogP contribution is 2.29. The van der Waals surface area contributed by atoms with Crippen molar-refractivity contribution in [3.05, 3.63) is 51.9 Å². The van der Waals surface area contributed by atoms with Crippen LogP contribution in [0, 0.1) is 24.1 Å². The van der Waals surface area contributed by atoms with E-state index in [1.165, 1.54) is 24.3 Å². The Morgan fingerprint density at radius 2 is 2.11 bits per heavy atom. The lowest BCUT2D eigenvalue weighted by molar-refractivity contribution is 0.457. The first-order valence-corrected chi connectivity index (χ1v) is 5.89. The van der Waals surface area contributed by atoms with Crippen molar-refractivity contribution in [3.8, 4) is 17.7 Å². The van der Waals surface area contributed by atoms with E-state index in [0.29, 0.717) is 27.4 Å². The number of hydrogen-bond donors (Lipinski definition) is 0. The Morgan fingerprint density at radius 1 is 1.33 bits per heavy atom. The molecule has 18 heavy (non-hydrogen) atoms. The number of nitrogens with zero attached hydrogens (tertiary/aromatic N) is 2. The van der Waals surface area contributed by atoms with E-state index in [2.05, 4.69) is 20.9 Å². The smallest absolute Gasteiger partial charge is 0.220 e. The van der Waals surface area contributed by atoms with Crippen molar-refractivity contribution in [2.45, 2.75) is 6.92 Å². The van der Waals surface area contributed by atoms with Gasteiger partial charge in [-0.1, -0.05) is 0 Å². The Labute approximate surface area is 112 Å². The third-order valence-corrected chi connectivity index (χ3v) is 2.79. The van der Waals surface area contributed by atoms with Gasteiger partial charge in [0.15, 0.2) is 0 Å². The first-order valence-electron chi connectivity index (χ1n) is 5.10. The van der Waals surface area contributed by atoms with Crippen LogP contribution in [0.15, 0.2) is 34.8 Å². The van der Waals surface area contributed by atoms with Crippen molar-refractivity contribution < 1.29 is 9.13 Å². The molecule has 1 heterocycles. The van der Waals surface area contributed by atoms with Crippen LogP contribution >= 0.6 is 15.9 Å². The molecule has 3 nitrogen and oxygen atoms in total. The number of hydrogen-bond acceptors (Lipinski definition) is 3. The summed E-state index contributed by atoms with van der Waals surface area (Å²) in [6.07, 6.45) is 0. The third-order valence-electron chi connectivity index (χ3n) is 2.17. The molecule has 0 N–H and O–H groups in total. The fraction of sp³-hybridized carbons (Fsp3) is 0.0769. The molecule has 0 aliphatic carbocycles. The van der Waals surface area contributed by atoms with E-state index in [1.807, 2.05) is 6.07 Å². The maximum Gasteiger partial charge on any atom is 0.220 e. The predicted octanol–water partition coefficient (Wildman–Crippen LogP) is 3.96. The van der Waals surface area contributed by atoms with Crippen LogP contribution in [0.5, 0.6) is 11.6 Å². The highest BCUT2D eigenvalue weighted by Gasteiger charge is 2.06. The Balaban J connectivity index is 2.34. The largest absolute Gasteiger partial charge is 0.438 e. The summed E-state index contributed by atoms with van der Waals surface area (Å²) in [6.45, 7) is 1.77. The summed E-state index contributed by atoms with van der Waals surface area (Å²) in [5.74, 6) is 0.390. The molecule has 1 aromatic carbocycles. The van der Waals surface area contributed by atoms with Gasteiger partial charge in [0.1, 0.15) is 11.6 Å². The zero-order valence-electron chi connectivity index (χ0n) is 9.45. The molecular weight excluding hydrogens is 299 g/mol. The van der Waals surface area contributed by atoms with E-state index in [9.17, 15) is 4.39 Å². The Bertz CT molecular complexity index is 637. The minimum atomic E-state index is -0.357. The van der Waals surface area contributed by atoms with Gasteiger partial charge >= 0.3 is 0 Å². The lowest BCUT2D eigenvalue weighted by atomic mass is 10.2. The molecule has 0 unspecified atom stereocenters. The molecule has 0 aliphatic rings. The average molecular weight is 307 g/mol. The van der Waals surface area contributed by atoms with E-state index in [-0.39, 0.29) is 5.82 Å². The Hall–Kier alpha value is -1.93. The summed E-state index contributed by atoms with van der Waals surface area (Å²) < 4.78 is 18.9. The highest BCUT2D eigenvalue weighted by molar-refractivity contribution is 9.10. The zero-order valence-corrected chi connectivity index (χ0v) is 11.0. The second-order valence-electron chi connectivity index (χ2n) is 3.62. The van der Waals surface area contributed by atoms with Gasteiger partial charge in [-0.25, -0.2) is 9.37 Å². The maximum atomic E-state index is 12.9. The molecule has 5 heteroatoms. The van der Waals surface area contributed by atoms with Gasteiger partial charge in [-0.3, -0.25) is 0 Å². The molecule has 0 aliphatic heterocycles. The Kier molecular flexibility index (Phi) is 3.58. The Morgan fingerprint density at radius 3 is 2.78 bits per heavy atom. The molecule has 0 saturated heterocycles. The maximum absolute atomic E-state index is 12.9. The van der Waals surface area contributed by atoms with Crippen LogP contribution in [0.3, 0.4) is 0 Å². The lowest BCUT2D eigenvalue weighted by Gasteiger charge is -2.07. The second kappa shape index (κ2) is 5.15. The van der Waals surface area contributed by atoms with Crippen LogP contribution in [0.1, 0.15) is 11.3 Å². The SMILES string of the molecule is Cc1cc(C#N)cc(Oc2ccc(F)cc2Br)n1. The lowest BCUT2D eigenvalue weighted by Crippen LogP contribution is -1.92. The molecule has 0 atom stereocenters. The van der Waals surface area contributed by atoms with Crippen molar-refractivity contribution in [2.24, 2.45) is 0 Å². The van der Waals surface area contributed by atoms with E-state index in [0.717, 1.165) is 0 Å². The summed E-state index contributed by atoms with van der Waals surface area (Å²) in [5.41, 5.74) is 1.15. The molecule has 0 radical (unpaired) electrons. The molecule has 1 aromatic heterocycles. The molecule has 0 bridgehead atoms. The van der Waals surface area contributed by atoms with Gasteiger partial charge in [0.25, 0.3) is 0 Å². The first-order chi connectivity index (χ1) is 8.58. The number of benzene rings is 1. The number of halogens is 2. The highest BCUT2D eigenvalue weighted by atomic mass is 79.9. The minimum absolute atomic E-state index is 0.304. The molecule has 0 saturated carbocycles. The number of pyridine rings is 1. The fourth-order valence-electron chi connectivity index (χ4n) is 1.43. The van der Waals surface area contributed by atoms with Gasteiger partial charge < -0.3 is 4.74 Å². The van der Waals surface area contributed by atoms with E-state index in [4.69, 9.17) is 10.00 Å². The van der Waals surface area contributed by atoms with Crippen molar-refractivity contribution in [3.63, 3.8) is 0 Å². The van der Waals surface area contributed by atoms with Crippen LogP contribution in [0.4, 0.5) is 4.39 Å². The molecule has 90 valence electrons. The van der Waals surface area contributed by atoms with Gasteiger partial charge in [-0.05, 0) is 47.1 Å². The van der Waals surface area contributed by atoms with E-state index < -0.39 is 0 Å². The van der Waals surface area contributed by atoms with Crippen molar-refractivity contribution in [1.82, 2.24) is 4.98 Å². The normalized spacial score (nSPS) is 9.89. The fourth-order valence-corrected chi connectivity index (χ4v) is 1.86. The van der Waals surface area contributed by atoms with Gasteiger partial charge in [-0.15, -0.1) is 0 Å². The average Bonchev–Trinajstić information content (AvgIpc) is 2.32. The topological polar surface area (TPSA) is 45.9 Å². The number of nitriles is 1. The van der Waals surface area contributed by atoms with Gasteiger partial charge in [0.2, 0.25) is 5.88 Å². The standard InChI is InChI=1S/C13H8BrFN2O/c1-8-4-9(7-16)5-13(17-8)18-12-3-2-10(15)6-11(12)14/h2-6H,1H3. The zero-order chi connectivity index (χ0) is 13.1. The summed E-state index contributed by atoms with van der Waals surface area (Å²) in [5, 5.41) is 8.85. The van der Waals surface area contributed by atoms with Gasteiger partial charge in [-0.2, -0.15) is 5.26 Å². The monoisotopic (exact) mass is 306 g/mol. The number of rotatable bonds is 2. The van der Waals surface area contributed by atoms with Gasteiger partial charge in [0.05, 0.1) is 16.1 Å². The van der Waals surface area contributed by atoms with E-state index >= 15 is 0 Å². The summed E-state index contributed by atoms with van der Waals surface area (Å²) in [4.78, 5) is 4.15. The number of ether oxygens (including phenoxy) is 1. The first kappa shape index (κ1) is 12.5. The molecule has 0 amide bonds. The second-order valence-corrected chi connectivity index (χ2v) is 4.48. The molecule has 2 aromatic rings. The summed E-state index contributed by atoms with van der Waals surface area (Å²) >= 11 is 3.20. The predicted molar refractivity (Wildman–Crippen MR) is 67.9 cm³/mol. The van der Waals surface area contributed by atoms with Crippen LogP contribution < -0.4 is 4.74 Å². The van der Waals surface area contributed by atoms with Crippen molar-refractivity contribution in [1.29, 1.82) is 5.26 Å². The molecular formula is C13H8BrFN2O. The third kappa shape index (κ3) is 2.84. The van der Waals surface area contributed by atoms with Crippen molar-refractivity contribution >= 4 is 15.9 Å². The summed E-state index contributed by atoms with van der Waals surface area (Å²) in [6, 6.07) is 9.31.